The van der Waals surface area contributed by atoms with Crippen LogP contribution in [-0.4, -0.2) is 48.8 Å². The van der Waals surface area contributed by atoms with Gasteiger partial charge in [-0.1, -0.05) is 6.92 Å². The maximum atomic E-state index is 9.33. The molecule has 0 radical (unpaired) electrons. The lowest BCUT2D eigenvalue weighted by Crippen LogP contribution is -2.33. The zero-order chi connectivity index (χ0) is 9.68. The Kier molecular flexibility index (Phi) is 4.70. The number of rotatable bonds is 5. The van der Waals surface area contributed by atoms with Gasteiger partial charge >= 0.3 is 0 Å². The van der Waals surface area contributed by atoms with Crippen LogP contribution in [0, 0.1) is 0 Å². The van der Waals surface area contributed by atoms with Crippen LogP contribution in [0.5, 0.6) is 0 Å². The van der Waals surface area contributed by atoms with Crippen LogP contribution in [0.3, 0.4) is 0 Å². The van der Waals surface area contributed by atoms with Crippen LogP contribution in [0.15, 0.2) is 0 Å². The molecule has 2 atom stereocenters. The first kappa shape index (κ1) is 11.0. The summed E-state index contributed by atoms with van der Waals surface area (Å²) in [5, 5.41) is 12.8. The number of hydrogen-bond donors (Lipinski definition) is 2. The molecule has 0 amide bonds. The molecule has 2 N–H and O–H groups in total. The van der Waals surface area contributed by atoms with Gasteiger partial charge in [0.2, 0.25) is 0 Å². The number of nitrogens with zero attached hydrogens (tertiary/aromatic N) is 1. The fourth-order valence-electron chi connectivity index (χ4n) is 1.76. The smallest absolute Gasteiger partial charge is 0.0549 e. The van der Waals surface area contributed by atoms with E-state index in [2.05, 4.69) is 17.3 Å². The van der Waals surface area contributed by atoms with Crippen molar-refractivity contribution in [2.75, 3.05) is 26.7 Å². The van der Waals surface area contributed by atoms with Crippen LogP contribution < -0.4 is 5.32 Å². The lowest BCUT2D eigenvalue weighted by atomic mass is 10.2. The van der Waals surface area contributed by atoms with Crippen molar-refractivity contribution in [2.24, 2.45) is 0 Å². The van der Waals surface area contributed by atoms with E-state index in [0.29, 0.717) is 6.04 Å². The molecule has 0 aromatic heterocycles. The van der Waals surface area contributed by atoms with Crippen molar-refractivity contribution in [3.8, 4) is 0 Å². The van der Waals surface area contributed by atoms with Gasteiger partial charge in [0.1, 0.15) is 0 Å². The van der Waals surface area contributed by atoms with E-state index in [1.165, 1.54) is 13.0 Å². The summed E-state index contributed by atoms with van der Waals surface area (Å²) >= 11 is 0. The summed E-state index contributed by atoms with van der Waals surface area (Å²) in [6.45, 7) is 5.33. The SMILES string of the molecule is CCC(O)CCNC1CCN(C)C1. The third-order valence-corrected chi connectivity index (χ3v) is 2.77. The first-order valence-electron chi connectivity index (χ1n) is 5.32. The normalized spacial score (nSPS) is 26.5. The van der Waals surface area contributed by atoms with Gasteiger partial charge in [-0.25, -0.2) is 0 Å². The quantitative estimate of drug-likeness (QED) is 0.654. The summed E-state index contributed by atoms with van der Waals surface area (Å²) in [6.07, 6.45) is 2.88. The molecular formula is C10H22N2O. The van der Waals surface area contributed by atoms with Crippen LogP contribution >= 0.6 is 0 Å². The van der Waals surface area contributed by atoms with E-state index in [1.54, 1.807) is 0 Å². The van der Waals surface area contributed by atoms with Crippen molar-refractivity contribution in [2.45, 2.75) is 38.3 Å². The largest absolute Gasteiger partial charge is 0.393 e. The van der Waals surface area contributed by atoms with E-state index in [4.69, 9.17) is 0 Å². The molecule has 1 rings (SSSR count). The number of likely N-dealkylation sites (tertiary alicyclic amines) is 1. The highest BCUT2D eigenvalue weighted by molar-refractivity contribution is 4.78. The fourth-order valence-corrected chi connectivity index (χ4v) is 1.76. The predicted octanol–water partition coefficient (Wildman–Crippen LogP) is 0.441. The van der Waals surface area contributed by atoms with Crippen molar-refractivity contribution in [1.29, 1.82) is 0 Å². The van der Waals surface area contributed by atoms with E-state index < -0.39 is 0 Å². The minimum atomic E-state index is -0.119. The lowest BCUT2D eigenvalue weighted by Gasteiger charge is -2.14. The van der Waals surface area contributed by atoms with Gasteiger partial charge in [0.05, 0.1) is 6.10 Å². The van der Waals surface area contributed by atoms with Gasteiger partial charge in [-0.15, -0.1) is 0 Å². The molecule has 2 unspecified atom stereocenters. The average Bonchev–Trinajstić information content (AvgIpc) is 2.51. The Morgan fingerprint density at radius 3 is 2.92 bits per heavy atom. The van der Waals surface area contributed by atoms with E-state index >= 15 is 0 Å². The van der Waals surface area contributed by atoms with Crippen LogP contribution in [0.4, 0.5) is 0 Å². The molecule has 1 fully saturated rings. The molecule has 1 aliphatic rings. The number of nitrogens with one attached hydrogen (secondary N) is 1. The number of aliphatic hydroxyl groups excluding tert-OH is 1. The predicted molar refractivity (Wildman–Crippen MR) is 54.8 cm³/mol. The van der Waals surface area contributed by atoms with Gasteiger partial charge in [-0.2, -0.15) is 0 Å². The van der Waals surface area contributed by atoms with Gasteiger partial charge in [0.15, 0.2) is 0 Å². The maximum absolute atomic E-state index is 9.33. The molecule has 13 heavy (non-hydrogen) atoms. The molecule has 1 saturated heterocycles. The first-order valence-corrected chi connectivity index (χ1v) is 5.32. The van der Waals surface area contributed by atoms with Gasteiger partial charge < -0.3 is 15.3 Å². The zero-order valence-electron chi connectivity index (χ0n) is 8.79. The van der Waals surface area contributed by atoms with E-state index in [0.717, 1.165) is 25.9 Å². The fraction of sp³-hybridized carbons (Fsp3) is 1.00. The van der Waals surface area contributed by atoms with Crippen molar-refractivity contribution in [3.63, 3.8) is 0 Å². The number of aliphatic hydroxyl groups is 1. The summed E-state index contributed by atoms with van der Waals surface area (Å²) in [5.41, 5.74) is 0. The van der Waals surface area contributed by atoms with Crippen LogP contribution in [0.2, 0.25) is 0 Å². The molecule has 78 valence electrons. The van der Waals surface area contributed by atoms with Gasteiger partial charge in [-0.3, -0.25) is 0 Å². The Morgan fingerprint density at radius 2 is 2.38 bits per heavy atom. The highest BCUT2D eigenvalue weighted by atomic mass is 16.3. The summed E-state index contributed by atoms with van der Waals surface area (Å²) in [5.74, 6) is 0. The Hall–Kier alpha value is -0.120. The summed E-state index contributed by atoms with van der Waals surface area (Å²) in [6, 6.07) is 0.647. The molecule has 0 spiro atoms. The topological polar surface area (TPSA) is 35.5 Å². The standard InChI is InChI=1S/C10H22N2O/c1-3-10(13)4-6-11-9-5-7-12(2)8-9/h9-11,13H,3-8H2,1-2H3. The molecule has 3 nitrogen and oxygen atoms in total. The Labute approximate surface area is 81.1 Å². The molecule has 3 heteroatoms. The molecular weight excluding hydrogens is 164 g/mol. The third kappa shape index (κ3) is 4.07. The summed E-state index contributed by atoms with van der Waals surface area (Å²) < 4.78 is 0. The second-order valence-corrected chi connectivity index (χ2v) is 4.05. The second kappa shape index (κ2) is 5.58. The Bertz CT molecular complexity index is 141. The van der Waals surface area contributed by atoms with Crippen molar-refractivity contribution >= 4 is 0 Å². The monoisotopic (exact) mass is 186 g/mol. The Morgan fingerprint density at radius 1 is 1.62 bits per heavy atom. The lowest BCUT2D eigenvalue weighted by molar-refractivity contribution is 0.158. The van der Waals surface area contributed by atoms with Gasteiger partial charge in [-0.05, 0) is 39.4 Å². The molecule has 1 aliphatic heterocycles. The molecule has 0 aromatic rings. The summed E-state index contributed by atoms with van der Waals surface area (Å²) in [4.78, 5) is 2.34. The molecule has 0 bridgehead atoms. The van der Waals surface area contributed by atoms with Crippen molar-refractivity contribution in [3.05, 3.63) is 0 Å². The summed E-state index contributed by atoms with van der Waals surface area (Å²) in [7, 11) is 2.16. The third-order valence-electron chi connectivity index (χ3n) is 2.77. The zero-order valence-corrected chi connectivity index (χ0v) is 8.79. The first-order chi connectivity index (χ1) is 6.22. The minimum absolute atomic E-state index is 0.119. The minimum Gasteiger partial charge on any atom is -0.393 e. The van der Waals surface area contributed by atoms with E-state index in [1.807, 2.05) is 6.92 Å². The highest BCUT2D eigenvalue weighted by Crippen LogP contribution is 2.06. The van der Waals surface area contributed by atoms with Crippen LogP contribution in [0.1, 0.15) is 26.2 Å². The molecule has 1 heterocycles. The maximum Gasteiger partial charge on any atom is 0.0549 e. The second-order valence-electron chi connectivity index (χ2n) is 4.05. The van der Waals surface area contributed by atoms with E-state index in [-0.39, 0.29) is 6.10 Å². The van der Waals surface area contributed by atoms with Crippen LogP contribution in [-0.2, 0) is 0 Å². The van der Waals surface area contributed by atoms with Crippen molar-refractivity contribution < 1.29 is 5.11 Å². The Balaban J connectivity index is 2.00. The van der Waals surface area contributed by atoms with Crippen LogP contribution in [0.25, 0.3) is 0 Å². The average molecular weight is 186 g/mol. The van der Waals surface area contributed by atoms with Gasteiger partial charge in [0.25, 0.3) is 0 Å². The highest BCUT2D eigenvalue weighted by Gasteiger charge is 2.18. The number of hydrogen-bond acceptors (Lipinski definition) is 3. The molecule has 0 aromatic carbocycles. The molecule has 0 aliphatic carbocycles. The number of likely N-dealkylation sites (N-methyl/N-ethyl adjacent to an activating group) is 1. The van der Waals surface area contributed by atoms with Crippen molar-refractivity contribution in [1.82, 2.24) is 10.2 Å². The van der Waals surface area contributed by atoms with E-state index in [9.17, 15) is 5.11 Å². The van der Waals surface area contributed by atoms with Gasteiger partial charge in [0, 0.05) is 12.6 Å². The molecule has 0 saturated carbocycles.